The van der Waals surface area contributed by atoms with E-state index in [9.17, 15) is 4.79 Å². The molecule has 6 heteroatoms. The molecule has 24 heavy (non-hydrogen) atoms. The van der Waals surface area contributed by atoms with E-state index < -0.39 is 0 Å². The normalized spacial score (nSPS) is 10.8. The summed E-state index contributed by atoms with van der Waals surface area (Å²) >= 11 is 0. The highest BCUT2D eigenvalue weighted by molar-refractivity contribution is 5.90. The van der Waals surface area contributed by atoms with Crippen molar-refractivity contribution in [2.24, 2.45) is 0 Å². The maximum absolute atomic E-state index is 11.9. The van der Waals surface area contributed by atoms with E-state index in [0.717, 1.165) is 24.5 Å². The summed E-state index contributed by atoms with van der Waals surface area (Å²) in [5, 5.41) is 6.02. The van der Waals surface area contributed by atoms with Crippen LogP contribution in [0, 0.1) is 0 Å². The second-order valence-electron chi connectivity index (χ2n) is 5.57. The van der Waals surface area contributed by atoms with E-state index in [2.05, 4.69) is 17.6 Å². The van der Waals surface area contributed by atoms with Crippen LogP contribution in [0.1, 0.15) is 27.2 Å². The summed E-state index contributed by atoms with van der Waals surface area (Å²) < 4.78 is 16.4. The molecular formula is C18H30N2O4. The van der Waals surface area contributed by atoms with Gasteiger partial charge in [0.1, 0.15) is 5.75 Å². The standard InChI is InChI=1S/C18H30N2O4/c1-4-19-9-11-23-13-12-22-10-8-18(21)20-16-6-5-7-17(14-16)24-15(2)3/h5-7,14-15,19H,4,8-13H2,1-3H3,(H,20,21). The molecule has 0 aliphatic carbocycles. The van der Waals surface area contributed by atoms with Gasteiger partial charge in [-0.3, -0.25) is 4.79 Å². The highest BCUT2D eigenvalue weighted by atomic mass is 16.5. The molecule has 0 heterocycles. The van der Waals surface area contributed by atoms with Crippen molar-refractivity contribution in [3.63, 3.8) is 0 Å². The van der Waals surface area contributed by atoms with Crippen molar-refractivity contribution in [3.05, 3.63) is 24.3 Å². The van der Waals surface area contributed by atoms with Gasteiger partial charge in [0.2, 0.25) is 5.91 Å². The minimum atomic E-state index is -0.0789. The topological polar surface area (TPSA) is 68.8 Å². The van der Waals surface area contributed by atoms with Crippen LogP contribution < -0.4 is 15.4 Å². The van der Waals surface area contributed by atoms with Gasteiger partial charge in [-0.05, 0) is 32.5 Å². The maximum Gasteiger partial charge on any atom is 0.226 e. The Kier molecular flexibility index (Phi) is 10.8. The molecule has 0 saturated heterocycles. The summed E-state index contributed by atoms with van der Waals surface area (Å²) in [4.78, 5) is 11.9. The third kappa shape index (κ3) is 10.2. The third-order valence-corrected chi connectivity index (χ3v) is 3.01. The predicted octanol–water partition coefficient (Wildman–Crippen LogP) is 2.45. The average molecular weight is 338 g/mol. The Morgan fingerprint density at radius 1 is 1.12 bits per heavy atom. The molecule has 0 atom stereocenters. The lowest BCUT2D eigenvalue weighted by atomic mass is 10.3. The van der Waals surface area contributed by atoms with Crippen LogP contribution in [0.3, 0.4) is 0 Å². The Hall–Kier alpha value is -1.63. The summed E-state index contributed by atoms with van der Waals surface area (Å²) in [6.07, 6.45) is 0.413. The lowest BCUT2D eigenvalue weighted by Gasteiger charge is -2.11. The summed E-state index contributed by atoms with van der Waals surface area (Å²) in [5.41, 5.74) is 0.727. The first-order valence-electron chi connectivity index (χ1n) is 8.54. The molecule has 0 spiro atoms. The fourth-order valence-electron chi connectivity index (χ4n) is 1.95. The lowest BCUT2D eigenvalue weighted by Crippen LogP contribution is -2.20. The number of hydrogen-bond donors (Lipinski definition) is 2. The Morgan fingerprint density at radius 2 is 1.88 bits per heavy atom. The molecule has 6 nitrogen and oxygen atoms in total. The number of carbonyl (C=O) groups excluding carboxylic acids is 1. The zero-order chi connectivity index (χ0) is 17.6. The van der Waals surface area contributed by atoms with Gasteiger partial charge in [0.05, 0.1) is 39.0 Å². The smallest absolute Gasteiger partial charge is 0.226 e. The largest absolute Gasteiger partial charge is 0.491 e. The maximum atomic E-state index is 11.9. The molecule has 1 amide bonds. The van der Waals surface area contributed by atoms with Crippen LogP contribution in [0.25, 0.3) is 0 Å². The second kappa shape index (κ2) is 12.8. The van der Waals surface area contributed by atoms with Gasteiger partial charge in [-0.15, -0.1) is 0 Å². The van der Waals surface area contributed by atoms with Gasteiger partial charge in [-0.25, -0.2) is 0 Å². The number of amides is 1. The van der Waals surface area contributed by atoms with E-state index >= 15 is 0 Å². The third-order valence-electron chi connectivity index (χ3n) is 3.01. The molecular weight excluding hydrogens is 308 g/mol. The molecule has 0 aliphatic heterocycles. The Labute approximate surface area is 144 Å². The second-order valence-corrected chi connectivity index (χ2v) is 5.57. The van der Waals surface area contributed by atoms with Crippen LogP contribution in [-0.2, 0) is 14.3 Å². The molecule has 0 radical (unpaired) electrons. The molecule has 2 N–H and O–H groups in total. The number of likely N-dealkylation sites (N-methyl/N-ethyl adjacent to an activating group) is 1. The van der Waals surface area contributed by atoms with Gasteiger partial charge in [-0.1, -0.05) is 13.0 Å². The molecule has 1 aromatic rings. The first-order valence-corrected chi connectivity index (χ1v) is 8.54. The van der Waals surface area contributed by atoms with Crippen LogP contribution in [0.5, 0.6) is 5.75 Å². The van der Waals surface area contributed by atoms with Crippen LogP contribution in [0.15, 0.2) is 24.3 Å². The van der Waals surface area contributed by atoms with Gasteiger partial charge in [0, 0.05) is 18.3 Å². The van der Waals surface area contributed by atoms with Crippen molar-refractivity contribution >= 4 is 11.6 Å². The zero-order valence-corrected chi connectivity index (χ0v) is 15.0. The summed E-state index contributed by atoms with van der Waals surface area (Å²) in [5.74, 6) is 0.665. The van der Waals surface area contributed by atoms with Crippen molar-refractivity contribution < 1.29 is 19.0 Å². The van der Waals surface area contributed by atoms with Crippen LogP contribution in [0.4, 0.5) is 5.69 Å². The molecule has 0 bridgehead atoms. The lowest BCUT2D eigenvalue weighted by molar-refractivity contribution is -0.117. The van der Waals surface area contributed by atoms with Gasteiger partial charge in [0.15, 0.2) is 0 Å². The average Bonchev–Trinajstić information content (AvgIpc) is 2.53. The number of hydrogen-bond acceptors (Lipinski definition) is 5. The zero-order valence-electron chi connectivity index (χ0n) is 15.0. The Morgan fingerprint density at radius 3 is 2.58 bits per heavy atom. The molecule has 0 saturated carbocycles. The first-order chi connectivity index (χ1) is 11.6. The quantitative estimate of drug-likeness (QED) is 0.541. The highest BCUT2D eigenvalue weighted by Gasteiger charge is 2.04. The van der Waals surface area contributed by atoms with E-state index in [1.807, 2.05) is 38.1 Å². The summed E-state index contributed by atoms with van der Waals surface area (Å²) in [7, 11) is 0. The molecule has 0 fully saturated rings. The van der Waals surface area contributed by atoms with Gasteiger partial charge >= 0.3 is 0 Å². The summed E-state index contributed by atoms with van der Waals surface area (Å²) in [6.45, 7) is 9.87. The Balaban J connectivity index is 2.11. The number of anilines is 1. The SMILES string of the molecule is CCNCCOCCOCCC(=O)Nc1cccc(OC(C)C)c1. The van der Waals surface area contributed by atoms with Crippen molar-refractivity contribution in [1.29, 1.82) is 0 Å². The monoisotopic (exact) mass is 338 g/mol. The molecule has 1 aromatic carbocycles. The number of nitrogens with one attached hydrogen (secondary N) is 2. The molecule has 0 unspecified atom stereocenters. The van der Waals surface area contributed by atoms with Crippen molar-refractivity contribution in [3.8, 4) is 5.75 Å². The molecule has 1 rings (SSSR count). The number of carbonyl (C=O) groups is 1. The van der Waals surface area contributed by atoms with E-state index in [4.69, 9.17) is 14.2 Å². The van der Waals surface area contributed by atoms with Gasteiger partial charge in [0.25, 0.3) is 0 Å². The summed E-state index contributed by atoms with van der Waals surface area (Å²) in [6, 6.07) is 7.38. The number of rotatable bonds is 13. The molecule has 0 aromatic heterocycles. The fraction of sp³-hybridized carbons (Fsp3) is 0.611. The minimum absolute atomic E-state index is 0.0789. The number of ether oxygens (including phenoxy) is 3. The fourth-order valence-corrected chi connectivity index (χ4v) is 1.95. The van der Waals surface area contributed by atoms with Gasteiger partial charge in [-0.2, -0.15) is 0 Å². The van der Waals surface area contributed by atoms with Crippen LogP contribution in [-0.4, -0.2) is 51.5 Å². The van der Waals surface area contributed by atoms with E-state index in [-0.39, 0.29) is 12.0 Å². The van der Waals surface area contributed by atoms with E-state index in [0.29, 0.717) is 32.8 Å². The van der Waals surface area contributed by atoms with Gasteiger partial charge < -0.3 is 24.8 Å². The van der Waals surface area contributed by atoms with Crippen LogP contribution in [0.2, 0.25) is 0 Å². The van der Waals surface area contributed by atoms with E-state index in [1.54, 1.807) is 0 Å². The Bertz CT molecular complexity index is 466. The molecule has 0 aliphatic rings. The first kappa shape index (κ1) is 20.4. The van der Waals surface area contributed by atoms with Crippen molar-refractivity contribution in [2.75, 3.05) is 44.8 Å². The predicted molar refractivity (Wildman–Crippen MR) is 95.6 cm³/mol. The van der Waals surface area contributed by atoms with Crippen molar-refractivity contribution in [2.45, 2.75) is 33.3 Å². The van der Waals surface area contributed by atoms with Crippen LogP contribution >= 0.6 is 0 Å². The minimum Gasteiger partial charge on any atom is -0.491 e. The van der Waals surface area contributed by atoms with Crippen molar-refractivity contribution in [1.82, 2.24) is 5.32 Å². The number of benzene rings is 1. The highest BCUT2D eigenvalue weighted by Crippen LogP contribution is 2.18. The van der Waals surface area contributed by atoms with E-state index in [1.165, 1.54) is 0 Å². The molecule has 136 valence electrons.